The number of aromatic amines is 1. The average Bonchev–Trinajstić information content (AvgIpc) is 2.78. The zero-order valence-electron chi connectivity index (χ0n) is 22.6. The number of fused-ring (bicyclic) bond motifs is 2. The summed E-state index contributed by atoms with van der Waals surface area (Å²) in [7, 11) is -1.00. The third kappa shape index (κ3) is 9.27. The van der Waals surface area contributed by atoms with Gasteiger partial charge in [0, 0.05) is 35.0 Å². The molecule has 1 N–H and O–H groups in total. The largest absolute Gasteiger partial charge is 1.00 e. The summed E-state index contributed by atoms with van der Waals surface area (Å²) in [6.07, 6.45) is 0. The van der Waals surface area contributed by atoms with Crippen LogP contribution in [-0.2, 0) is 6.54 Å². The summed E-state index contributed by atoms with van der Waals surface area (Å²) in [6.45, 7) is 8.18. The first kappa shape index (κ1) is 33.4. The number of halogens is 6. The molecule has 36 heavy (non-hydrogen) atoms. The van der Waals surface area contributed by atoms with Crippen LogP contribution in [0.15, 0.2) is 54.9 Å². The van der Waals surface area contributed by atoms with Crippen LogP contribution in [0, 0.1) is 25.5 Å². The fourth-order valence-electron chi connectivity index (χ4n) is 3.28. The van der Waals surface area contributed by atoms with Gasteiger partial charge in [0.25, 0.3) is 5.56 Å². The number of alkyl halides is 2. The van der Waals surface area contributed by atoms with E-state index in [1.807, 2.05) is 13.8 Å². The number of pyridine rings is 2. The molecular formula is C25H27Br2F3IN2NaO2. The predicted octanol–water partition coefficient (Wildman–Crippen LogP) is 5.11. The third-order valence-corrected chi connectivity index (χ3v) is 5.98. The van der Waals surface area contributed by atoms with Crippen LogP contribution >= 0.6 is 54.5 Å². The molecule has 11 heteroatoms. The Morgan fingerprint density at radius 3 is 1.97 bits per heavy atom. The van der Waals surface area contributed by atoms with Gasteiger partial charge in [0.05, 0.1) is 23.0 Å². The van der Waals surface area contributed by atoms with Gasteiger partial charge in [0.1, 0.15) is 11.6 Å². The molecule has 0 spiro atoms. The fraction of sp³-hybridized carbons (Fsp3) is 0.280. The van der Waals surface area contributed by atoms with Crippen LogP contribution in [-0.4, -0.2) is 21.1 Å². The van der Waals surface area contributed by atoms with Crippen molar-refractivity contribution in [2.24, 2.45) is 0 Å². The number of nitrogens with one attached hydrogen (secondary N) is 1. The maximum atomic E-state index is 13.4. The summed E-state index contributed by atoms with van der Waals surface area (Å²) in [4.78, 5) is 25.5. The van der Waals surface area contributed by atoms with Gasteiger partial charge in [-0.15, -0.1) is 0 Å². The number of hydrogen-bond donors (Lipinski definition) is 1. The average molecular weight is 755 g/mol. The number of benzene rings is 2. The number of hydrogen-bond acceptors (Lipinski definition) is 2. The Bertz CT molecular complexity index is 1450. The summed E-state index contributed by atoms with van der Waals surface area (Å²) >= 11 is 8.50. The molecule has 4 nitrogen and oxygen atoms in total. The van der Waals surface area contributed by atoms with Gasteiger partial charge in [-0.1, -0.05) is 29.5 Å². The van der Waals surface area contributed by atoms with E-state index in [-0.39, 0.29) is 53.7 Å². The van der Waals surface area contributed by atoms with E-state index in [1.165, 1.54) is 22.6 Å². The normalized spacial score (nSPS) is 10.1. The van der Waals surface area contributed by atoms with Crippen molar-refractivity contribution in [2.45, 2.75) is 34.2 Å². The smallest absolute Gasteiger partial charge is 1.00 e. The summed E-state index contributed by atoms with van der Waals surface area (Å²) in [5.74, 6) is -0.635. The molecule has 0 aliphatic carbocycles. The first-order valence-electron chi connectivity index (χ1n) is 11.0. The van der Waals surface area contributed by atoms with Crippen molar-refractivity contribution in [2.75, 3.05) is 11.6 Å². The first-order chi connectivity index (χ1) is 16.9. The van der Waals surface area contributed by atoms with E-state index in [0.717, 1.165) is 27.4 Å². The first-order valence-corrected chi connectivity index (χ1v) is 13.5. The van der Waals surface area contributed by atoms with Gasteiger partial charge >= 0.3 is 29.6 Å². The zero-order chi connectivity index (χ0) is 27.6. The van der Waals surface area contributed by atoms with Crippen molar-refractivity contribution in [1.29, 1.82) is 0 Å². The summed E-state index contributed by atoms with van der Waals surface area (Å²) < 4.78 is 45.7. The van der Waals surface area contributed by atoms with Crippen LogP contribution in [0.2, 0.25) is 0 Å². The molecule has 2 aromatic heterocycles. The van der Waals surface area contributed by atoms with Gasteiger partial charge in [0.2, 0.25) is 5.56 Å². The molecule has 0 fully saturated rings. The fourth-order valence-corrected chi connectivity index (χ4v) is 3.96. The van der Waals surface area contributed by atoms with Crippen molar-refractivity contribution >= 4 is 76.3 Å². The third-order valence-electron chi connectivity index (χ3n) is 4.77. The van der Waals surface area contributed by atoms with Crippen LogP contribution < -0.4 is 40.7 Å². The topological polar surface area (TPSA) is 54.9 Å². The SMILES string of the molecule is CCI.CCn1c(=O)cc(C)c2cc(F)c(Br)cc21.Cc1cc(=O)[nH]c2cc(Br)c(F)cc12.[2H]CF.[H-].[Na+]. The Hall–Kier alpha value is -0.660. The molecule has 4 aromatic rings. The molecule has 2 aromatic carbocycles. The van der Waals surface area contributed by atoms with Crippen LogP contribution in [0.25, 0.3) is 21.8 Å². The van der Waals surface area contributed by atoms with Gasteiger partial charge < -0.3 is 11.0 Å². The minimum absolute atomic E-state index is 0. The van der Waals surface area contributed by atoms with Gasteiger partial charge in [0.15, 0.2) is 0 Å². The molecule has 0 saturated heterocycles. The number of H-pyrrole nitrogens is 1. The maximum absolute atomic E-state index is 13.4. The molecule has 0 atom stereocenters. The van der Waals surface area contributed by atoms with Crippen molar-refractivity contribution in [3.63, 3.8) is 0 Å². The summed E-state index contributed by atoms with van der Waals surface area (Å²) in [5, 5.41) is 1.51. The molecule has 4 rings (SSSR count). The zero-order valence-corrected chi connectivity index (χ0v) is 27.9. The van der Waals surface area contributed by atoms with Crippen molar-refractivity contribution in [3.05, 3.63) is 88.8 Å². The summed E-state index contributed by atoms with van der Waals surface area (Å²) in [5.41, 5.74) is 2.76. The minimum atomic E-state index is -1.00. The van der Waals surface area contributed by atoms with Crippen LogP contribution in [0.3, 0.4) is 0 Å². The molecule has 0 bridgehead atoms. The number of nitrogens with zero attached hydrogens (tertiary/aromatic N) is 1. The monoisotopic (exact) mass is 753 g/mol. The Morgan fingerprint density at radius 2 is 1.44 bits per heavy atom. The second kappa shape index (κ2) is 17.0. The van der Waals surface area contributed by atoms with E-state index in [9.17, 15) is 22.8 Å². The Morgan fingerprint density at radius 1 is 0.972 bits per heavy atom. The second-order valence-corrected chi connectivity index (χ2v) is 10.3. The predicted molar refractivity (Wildman–Crippen MR) is 156 cm³/mol. The number of aromatic nitrogens is 2. The molecular weight excluding hydrogens is 727 g/mol. The molecule has 0 unspecified atom stereocenters. The standard InChI is InChI=1S/C12H11BrFNO.C10H7BrFNO.C2H5I.CH3F.Na.H/c1-3-15-11-6-9(13)10(14)5-8(11)7(2)4-12(15)16;1-5-2-10(14)13-9-4-7(11)8(12)3-6(5)9;1-2-3;1-2;;/h4-6H,3H2,1-2H3;2-4H,1H3,(H,13,14);2H2,1H3;1H3;;/q;;;;+1;-1/i;;;1D;;. The molecule has 0 radical (unpaired) electrons. The Kier molecular flexibility index (Phi) is 15.8. The maximum Gasteiger partial charge on any atom is 1.00 e. The second-order valence-electron chi connectivity index (χ2n) is 7.09. The van der Waals surface area contributed by atoms with Gasteiger partial charge in [-0.25, -0.2) is 8.78 Å². The van der Waals surface area contributed by atoms with Gasteiger partial charge in [-0.05, 0) is 92.5 Å². The van der Waals surface area contributed by atoms with E-state index in [0.29, 0.717) is 21.0 Å². The van der Waals surface area contributed by atoms with Gasteiger partial charge in [-0.2, -0.15) is 0 Å². The Labute approximate surface area is 263 Å². The quantitative estimate of drug-likeness (QED) is 0.167. The molecule has 0 aliphatic heterocycles. The van der Waals surface area contributed by atoms with E-state index < -0.39 is 7.15 Å². The number of aryl methyl sites for hydroxylation is 3. The minimum Gasteiger partial charge on any atom is -1.00 e. The number of rotatable bonds is 1. The molecule has 0 amide bonds. The summed E-state index contributed by atoms with van der Waals surface area (Å²) in [6, 6.07) is 9.08. The van der Waals surface area contributed by atoms with E-state index in [2.05, 4.69) is 66.4 Å². The van der Waals surface area contributed by atoms with Crippen molar-refractivity contribution < 1.29 is 45.5 Å². The van der Waals surface area contributed by atoms with Crippen LogP contribution in [0.5, 0.6) is 0 Å². The molecule has 0 aliphatic rings. The molecule has 2 heterocycles. The van der Waals surface area contributed by atoms with E-state index >= 15 is 0 Å². The van der Waals surface area contributed by atoms with Crippen LogP contribution in [0.4, 0.5) is 13.2 Å². The van der Waals surface area contributed by atoms with E-state index in [4.69, 9.17) is 1.37 Å². The molecule has 192 valence electrons. The van der Waals surface area contributed by atoms with Crippen molar-refractivity contribution in [1.82, 2.24) is 9.55 Å². The van der Waals surface area contributed by atoms with Crippen LogP contribution in [0.1, 0.15) is 27.8 Å². The Balaban J connectivity index is 0. The van der Waals surface area contributed by atoms with Gasteiger partial charge in [-0.3, -0.25) is 14.0 Å². The van der Waals surface area contributed by atoms with E-state index in [1.54, 1.807) is 29.7 Å². The molecule has 0 saturated carbocycles. The van der Waals surface area contributed by atoms with Crippen molar-refractivity contribution in [3.8, 4) is 0 Å².